The molecule has 0 aliphatic heterocycles. The molecule has 0 saturated heterocycles. The number of nitrogens with zero attached hydrogens (tertiary/aromatic N) is 1. The van der Waals surface area contributed by atoms with Crippen LogP contribution < -0.4 is 10.1 Å². The van der Waals surface area contributed by atoms with Gasteiger partial charge in [-0.2, -0.15) is 0 Å². The molecule has 3 aromatic carbocycles. The molecule has 1 N–H and O–H groups in total. The summed E-state index contributed by atoms with van der Waals surface area (Å²) < 4.78 is 5.20. The molecule has 0 saturated carbocycles. The molecule has 2 amide bonds. The number of rotatable bonds is 11. The monoisotopic (exact) mass is 478 g/mol. The number of amides is 2. The van der Waals surface area contributed by atoms with Crippen molar-refractivity contribution in [3.8, 4) is 5.75 Å². The summed E-state index contributed by atoms with van der Waals surface area (Å²) >= 11 is 6.03. The molecule has 0 fully saturated rings. The third-order valence-electron chi connectivity index (χ3n) is 5.71. The number of hydrogen-bond donors (Lipinski definition) is 1. The summed E-state index contributed by atoms with van der Waals surface area (Å²) in [5.41, 5.74) is 3.03. The first kappa shape index (κ1) is 25.3. The van der Waals surface area contributed by atoms with Crippen LogP contribution in [0.1, 0.15) is 30.0 Å². The Labute approximate surface area is 206 Å². The molecular formula is C28H31ClN2O3. The van der Waals surface area contributed by atoms with Gasteiger partial charge in [-0.25, -0.2) is 0 Å². The van der Waals surface area contributed by atoms with Gasteiger partial charge in [0.05, 0.1) is 7.11 Å². The Hall–Kier alpha value is -3.31. The van der Waals surface area contributed by atoms with Crippen LogP contribution in [0.2, 0.25) is 5.02 Å². The van der Waals surface area contributed by atoms with Crippen molar-refractivity contribution in [2.75, 3.05) is 13.7 Å². The van der Waals surface area contributed by atoms with Crippen molar-refractivity contribution in [1.29, 1.82) is 0 Å². The largest absolute Gasteiger partial charge is 0.497 e. The molecule has 5 nitrogen and oxygen atoms in total. The van der Waals surface area contributed by atoms with Crippen LogP contribution in [0.5, 0.6) is 5.75 Å². The summed E-state index contributed by atoms with van der Waals surface area (Å²) in [6.07, 6.45) is 1.44. The maximum absolute atomic E-state index is 13.4. The molecule has 3 aromatic rings. The topological polar surface area (TPSA) is 58.6 Å². The zero-order chi connectivity index (χ0) is 24.3. The van der Waals surface area contributed by atoms with Crippen molar-refractivity contribution in [2.24, 2.45) is 0 Å². The number of carbonyl (C=O) groups excluding carboxylic acids is 2. The van der Waals surface area contributed by atoms with Gasteiger partial charge in [-0.05, 0) is 47.4 Å². The maximum atomic E-state index is 13.4. The van der Waals surface area contributed by atoms with Gasteiger partial charge in [0.1, 0.15) is 11.8 Å². The second kappa shape index (κ2) is 12.8. The molecule has 178 valence electrons. The van der Waals surface area contributed by atoms with Gasteiger partial charge in [-0.3, -0.25) is 9.59 Å². The Bertz CT molecular complexity index is 1050. The highest BCUT2D eigenvalue weighted by molar-refractivity contribution is 6.30. The predicted molar refractivity (Wildman–Crippen MR) is 136 cm³/mol. The Morgan fingerprint density at radius 2 is 1.56 bits per heavy atom. The van der Waals surface area contributed by atoms with Gasteiger partial charge in [0.15, 0.2) is 0 Å². The lowest BCUT2D eigenvalue weighted by Gasteiger charge is -2.31. The molecule has 0 spiro atoms. The van der Waals surface area contributed by atoms with Gasteiger partial charge in [0.2, 0.25) is 11.8 Å². The molecule has 1 atom stereocenters. The molecule has 34 heavy (non-hydrogen) atoms. The highest BCUT2D eigenvalue weighted by Gasteiger charge is 2.29. The number of carbonyl (C=O) groups is 2. The minimum Gasteiger partial charge on any atom is -0.497 e. The second-order valence-corrected chi connectivity index (χ2v) is 8.53. The van der Waals surface area contributed by atoms with Crippen LogP contribution in [0.25, 0.3) is 0 Å². The second-order valence-electron chi connectivity index (χ2n) is 8.10. The van der Waals surface area contributed by atoms with Gasteiger partial charge in [-0.15, -0.1) is 0 Å². The van der Waals surface area contributed by atoms with E-state index in [1.54, 1.807) is 24.1 Å². The predicted octanol–water partition coefficient (Wildman–Crippen LogP) is 5.06. The number of hydrogen-bond acceptors (Lipinski definition) is 3. The quantitative estimate of drug-likeness (QED) is 0.419. The average molecular weight is 479 g/mol. The molecule has 0 radical (unpaired) electrons. The number of benzene rings is 3. The maximum Gasteiger partial charge on any atom is 0.243 e. The Balaban J connectivity index is 1.77. The Kier molecular flexibility index (Phi) is 9.53. The van der Waals surface area contributed by atoms with E-state index in [9.17, 15) is 9.59 Å². The average Bonchev–Trinajstić information content (AvgIpc) is 2.87. The van der Waals surface area contributed by atoms with Crippen molar-refractivity contribution in [1.82, 2.24) is 10.2 Å². The fourth-order valence-corrected chi connectivity index (χ4v) is 3.91. The van der Waals surface area contributed by atoms with Gasteiger partial charge in [0, 0.05) is 31.0 Å². The number of nitrogens with one attached hydrogen (secondary N) is 1. The highest BCUT2D eigenvalue weighted by atomic mass is 35.5. The van der Waals surface area contributed by atoms with Crippen LogP contribution in [-0.2, 0) is 29.0 Å². The standard InChI is InChI=1S/C28H31ClN2O3/c1-3-27(32)31(20-23-9-13-24(29)14-10-23)26(19-22-7-5-4-6-8-22)28(33)30-18-17-21-11-15-25(34-2)16-12-21/h4-16,26H,3,17-20H2,1-2H3,(H,30,33)/t26-/m0/s1. The van der Waals surface area contributed by atoms with Crippen molar-refractivity contribution < 1.29 is 14.3 Å². The lowest BCUT2D eigenvalue weighted by Crippen LogP contribution is -2.50. The van der Waals surface area contributed by atoms with E-state index < -0.39 is 6.04 Å². The molecule has 0 bridgehead atoms. The van der Waals surface area contributed by atoms with Crippen molar-refractivity contribution in [3.05, 3.63) is 101 Å². The van der Waals surface area contributed by atoms with Crippen molar-refractivity contribution in [3.63, 3.8) is 0 Å². The number of ether oxygens (including phenoxy) is 1. The molecule has 0 aliphatic rings. The minimum atomic E-state index is -0.624. The minimum absolute atomic E-state index is 0.0683. The Morgan fingerprint density at radius 1 is 0.912 bits per heavy atom. The van der Waals surface area contributed by atoms with E-state index in [1.807, 2.05) is 73.7 Å². The van der Waals surface area contributed by atoms with Crippen molar-refractivity contribution >= 4 is 23.4 Å². The lowest BCUT2D eigenvalue weighted by molar-refractivity contribution is -0.141. The number of halogens is 1. The van der Waals surface area contributed by atoms with Gasteiger partial charge in [0.25, 0.3) is 0 Å². The van der Waals surface area contributed by atoms with E-state index in [-0.39, 0.29) is 11.8 Å². The van der Waals surface area contributed by atoms with Crippen LogP contribution in [0.15, 0.2) is 78.9 Å². The van der Waals surface area contributed by atoms with E-state index >= 15 is 0 Å². The summed E-state index contributed by atoms with van der Waals surface area (Å²) in [6.45, 7) is 2.64. The molecule has 0 heterocycles. The molecule has 3 rings (SSSR count). The van der Waals surface area contributed by atoms with E-state index in [4.69, 9.17) is 16.3 Å². The fourth-order valence-electron chi connectivity index (χ4n) is 3.78. The van der Waals surface area contributed by atoms with Gasteiger partial charge in [-0.1, -0.05) is 73.1 Å². The van der Waals surface area contributed by atoms with Crippen LogP contribution in [-0.4, -0.2) is 36.4 Å². The van der Waals surface area contributed by atoms with E-state index in [1.165, 1.54) is 0 Å². The van der Waals surface area contributed by atoms with Crippen molar-refractivity contribution in [2.45, 2.75) is 38.8 Å². The first-order chi connectivity index (χ1) is 16.5. The molecule has 0 aliphatic carbocycles. The molecule has 0 aromatic heterocycles. The number of methoxy groups -OCH3 is 1. The third kappa shape index (κ3) is 7.35. The van der Waals surface area contributed by atoms with Crippen LogP contribution >= 0.6 is 11.6 Å². The summed E-state index contributed by atoms with van der Waals surface area (Å²) in [7, 11) is 1.63. The smallest absolute Gasteiger partial charge is 0.243 e. The van der Waals surface area contributed by atoms with Crippen LogP contribution in [0.4, 0.5) is 0 Å². The molecular weight excluding hydrogens is 448 g/mol. The normalized spacial score (nSPS) is 11.5. The molecule has 6 heteroatoms. The van der Waals surface area contributed by atoms with Gasteiger partial charge < -0.3 is 15.0 Å². The Morgan fingerprint density at radius 3 is 2.18 bits per heavy atom. The zero-order valence-electron chi connectivity index (χ0n) is 19.7. The van der Waals surface area contributed by atoms with E-state index in [2.05, 4.69) is 5.32 Å². The van der Waals surface area contributed by atoms with E-state index in [0.29, 0.717) is 37.4 Å². The zero-order valence-corrected chi connectivity index (χ0v) is 20.4. The summed E-state index contributed by atoms with van der Waals surface area (Å²) in [6, 6.07) is 24.3. The summed E-state index contributed by atoms with van der Waals surface area (Å²) in [5, 5.41) is 3.68. The van der Waals surface area contributed by atoms with E-state index in [0.717, 1.165) is 22.4 Å². The lowest BCUT2D eigenvalue weighted by atomic mass is 10.0. The highest BCUT2D eigenvalue weighted by Crippen LogP contribution is 2.18. The first-order valence-electron chi connectivity index (χ1n) is 11.5. The third-order valence-corrected chi connectivity index (χ3v) is 5.96. The molecule has 0 unspecified atom stereocenters. The first-order valence-corrected chi connectivity index (χ1v) is 11.9. The SMILES string of the molecule is CCC(=O)N(Cc1ccc(Cl)cc1)[C@@H](Cc1ccccc1)C(=O)NCCc1ccc(OC)cc1. The fraction of sp³-hybridized carbons (Fsp3) is 0.286. The van der Waals surface area contributed by atoms with Gasteiger partial charge >= 0.3 is 0 Å². The summed E-state index contributed by atoms with van der Waals surface area (Å²) in [4.78, 5) is 28.1. The van der Waals surface area contributed by atoms with Crippen LogP contribution in [0, 0.1) is 0 Å². The summed E-state index contributed by atoms with van der Waals surface area (Å²) in [5.74, 6) is 0.570. The van der Waals surface area contributed by atoms with Crippen LogP contribution in [0.3, 0.4) is 0 Å².